The highest BCUT2D eigenvalue weighted by Gasteiger charge is 2.34. The molecule has 0 amide bonds. The highest BCUT2D eigenvalue weighted by molar-refractivity contribution is 5.61. The first-order valence-electron chi connectivity index (χ1n) is 11.5. The molecule has 32 heavy (non-hydrogen) atoms. The predicted octanol–water partition coefficient (Wildman–Crippen LogP) is 3.23. The van der Waals surface area contributed by atoms with Crippen LogP contribution in [0.4, 0.5) is 17.6 Å². The lowest BCUT2D eigenvalue weighted by Gasteiger charge is -2.29. The lowest BCUT2D eigenvalue weighted by molar-refractivity contribution is 0.105. The van der Waals surface area contributed by atoms with Crippen LogP contribution < -0.4 is 15.5 Å². The van der Waals surface area contributed by atoms with E-state index in [0.717, 1.165) is 67.4 Å². The van der Waals surface area contributed by atoms with Crippen LogP contribution in [0.2, 0.25) is 0 Å². The Morgan fingerprint density at radius 3 is 2.97 bits per heavy atom. The molecule has 0 aromatic carbocycles. The molecule has 2 unspecified atom stereocenters. The Morgan fingerprint density at radius 2 is 2.19 bits per heavy atom. The van der Waals surface area contributed by atoms with E-state index in [2.05, 4.69) is 39.6 Å². The van der Waals surface area contributed by atoms with Crippen LogP contribution in [0.15, 0.2) is 28.9 Å². The standard InChI is InChI=1S/C23H31N7O2/c1-14(2)18-12-20(29-28-18)26-21-16-7-3-8-17(16)25-23(27-21)30-10-4-9-19(30)22(31)24-13-15-6-5-11-32-15/h5-6,11-12,14,19,22,24,31H,3-4,7-10,13H2,1-2H3,(H2,25,26,27,28,29). The monoisotopic (exact) mass is 437 g/mol. The third kappa shape index (κ3) is 4.22. The van der Waals surface area contributed by atoms with Crippen molar-refractivity contribution in [2.75, 3.05) is 16.8 Å². The van der Waals surface area contributed by atoms with Crippen molar-refractivity contribution in [1.29, 1.82) is 0 Å². The molecule has 2 aliphatic rings. The van der Waals surface area contributed by atoms with Crippen molar-refractivity contribution in [2.45, 2.75) is 70.7 Å². The Hall–Kier alpha value is -2.91. The van der Waals surface area contributed by atoms with Gasteiger partial charge in [-0.25, -0.2) is 4.98 Å². The summed E-state index contributed by atoms with van der Waals surface area (Å²) in [5.74, 6) is 3.45. The van der Waals surface area contributed by atoms with E-state index in [1.165, 1.54) is 5.56 Å². The summed E-state index contributed by atoms with van der Waals surface area (Å²) in [4.78, 5) is 11.9. The number of rotatable bonds is 8. The van der Waals surface area contributed by atoms with Crippen LogP contribution in [0, 0.1) is 0 Å². The average molecular weight is 438 g/mol. The minimum Gasteiger partial charge on any atom is -0.468 e. The third-order valence-corrected chi connectivity index (χ3v) is 6.37. The zero-order valence-corrected chi connectivity index (χ0v) is 18.6. The van der Waals surface area contributed by atoms with Gasteiger partial charge in [0.05, 0.1) is 24.5 Å². The molecule has 9 heteroatoms. The summed E-state index contributed by atoms with van der Waals surface area (Å²) in [5, 5.41) is 25.0. The first-order valence-corrected chi connectivity index (χ1v) is 11.5. The molecule has 1 aliphatic carbocycles. The topological polar surface area (TPSA) is 115 Å². The van der Waals surface area contributed by atoms with Gasteiger partial charge in [-0.1, -0.05) is 13.8 Å². The van der Waals surface area contributed by atoms with Gasteiger partial charge in [0.15, 0.2) is 5.82 Å². The summed E-state index contributed by atoms with van der Waals surface area (Å²) in [5.41, 5.74) is 3.36. The number of aliphatic hydroxyl groups is 1. The molecule has 9 nitrogen and oxygen atoms in total. The SMILES string of the molecule is CC(C)c1cc(Nc2nc(N3CCCC3C(O)NCc3ccco3)nc3c2CCC3)n[nH]1. The zero-order chi connectivity index (χ0) is 22.1. The minimum absolute atomic E-state index is 0.0878. The summed E-state index contributed by atoms with van der Waals surface area (Å²) in [6.45, 7) is 5.57. The average Bonchev–Trinajstić information content (AvgIpc) is 3.58. The summed E-state index contributed by atoms with van der Waals surface area (Å²) < 4.78 is 5.37. The van der Waals surface area contributed by atoms with E-state index in [0.29, 0.717) is 18.4 Å². The lowest BCUT2D eigenvalue weighted by atomic mass is 10.1. The van der Waals surface area contributed by atoms with Crippen LogP contribution >= 0.6 is 0 Å². The Kier molecular flexibility index (Phi) is 5.84. The van der Waals surface area contributed by atoms with Crippen molar-refractivity contribution in [1.82, 2.24) is 25.5 Å². The van der Waals surface area contributed by atoms with Gasteiger partial charge in [-0.3, -0.25) is 10.4 Å². The highest BCUT2D eigenvalue weighted by atomic mass is 16.3. The van der Waals surface area contributed by atoms with Crippen molar-refractivity contribution in [3.8, 4) is 0 Å². The third-order valence-electron chi connectivity index (χ3n) is 6.37. The second kappa shape index (κ2) is 8.91. The van der Waals surface area contributed by atoms with Gasteiger partial charge in [-0.2, -0.15) is 10.1 Å². The largest absolute Gasteiger partial charge is 0.468 e. The maximum absolute atomic E-state index is 10.9. The molecule has 0 spiro atoms. The number of hydrogen-bond donors (Lipinski definition) is 4. The molecule has 0 bridgehead atoms. The van der Waals surface area contributed by atoms with Crippen LogP contribution in [-0.2, 0) is 19.4 Å². The molecule has 2 atom stereocenters. The number of hydrogen-bond acceptors (Lipinski definition) is 8. The number of H-pyrrole nitrogens is 1. The molecule has 1 fully saturated rings. The molecule has 0 saturated carbocycles. The van der Waals surface area contributed by atoms with E-state index < -0.39 is 6.23 Å². The number of aryl methyl sites for hydroxylation is 1. The van der Waals surface area contributed by atoms with Gasteiger partial charge in [0.2, 0.25) is 5.95 Å². The van der Waals surface area contributed by atoms with E-state index in [-0.39, 0.29) is 6.04 Å². The molecule has 0 radical (unpaired) electrons. The van der Waals surface area contributed by atoms with Crippen LogP contribution in [-0.4, -0.2) is 44.1 Å². The fraction of sp³-hybridized carbons (Fsp3) is 0.522. The van der Waals surface area contributed by atoms with Gasteiger partial charge in [0.1, 0.15) is 17.8 Å². The summed E-state index contributed by atoms with van der Waals surface area (Å²) in [7, 11) is 0. The predicted molar refractivity (Wildman–Crippen MR) is 122 cm³/mol. The van der Waals surface area contributed by atoms with E-state index in [4.69, 9.17) is 14.4 Å². The van der Waals surface area contributed by atoms with Gasteiger partial charge in [0.25, 0.3) is 0 Å². The number of furan rings is 1. The lowest BCUT2D eigenvalue weighted by Crippen LogP contribution is -2.47. The number of anilines is 3. The molecule has 3 aromatic rings. The Bertz CT molecular complexity index is 1050. The minimum atomic E-state index is -0.698. The van der Waals surface area contributed by atoms with Crippen molar-refractivity contribution < 1.29 is 9.52 Å². The number of aromatic amines is 1. The van der Waals surface area contributed by atoms with Crippen molar-refractivity contribution in [3.05, 3.63) is 47.2 Å². The van der Waals surface area contributed by atoms with Crippen LogP contribution in [0.1, 0.15) is 61.7 Å². The van der Waals surface area contributed by atoms with E-state index >= 15 is 0 Å². The summed E-state index contributed by atoms with van der Waals surface area (Å²) in [6, 6.07) is 5.69. The van der Waals surface area contributed by atoms with E-state index in [1.54, 1.807) is 6.26 Å². The molecule has 4 N–H and O–H groups in total. The molecule has 5 rings (SSSR count). The van der Waals surface area contributed by atoms with Crippen LogP contribution in [0.3, 0.4) is 0 Å². The number of nitrogens with zero attached hydrogens (tertiary/aromatic N) is 4. The summed E-state index contributed by atoms with van der Waals surface area (Å²) >= 11 is 0. The van der Waals surface area contributed by atoms with Crippen molar-refractivity contribution >= 4 is 17.6 Å². The quantitative estimate of drug-likeness (QED) is 0.397. The number of fused-ring (bicyclic) bond motifs is 1. The molecular weight excluding hydrogens is 406 g/mol. The normalized spacial score (nSPS) is 19.0. The van der Waals surface area contributed by atoms with Gasteiger partial charge in [0, 0.05) is 23.9 Å². The fourth-order valence-electron chi connectivity index (χ4n) is 4.59. The second-order valence-corrected chi connectivity index (χ2v) is 8.95. The van der Waals surface area contributed by atoms with Crippen molar-refractivity contribution in [2.24, 2.45) is 0 Å². The van der Waals surface area contributed by atoms with Crippen LogP contribution in [0.25, 0.3) is 0 Å². The fourth-order valence-corrected chi connectivity index (χ4v) is 4.59. The van der Waals surface area contributed by atoms with Gasteiger partial charge in [-0.15, -0.1) is 0 Å². The smallest absolute Gasteiger partial charge is 0.227 e. The number of aliphatic hydroxyl groups excluding tert-OH is 1. The molecule has 1 aliphatic heterocycles. The molecule has 1 saturated heterocycles. The molecular formula is C23H31N7O2. The Morgan fingerprint density at radius 1 is 1.28 bits per heavy atom. The van der Waals surface area contributed by atoms with E-state index in [1.807, 2.05) is 18.2 Å². The number of aromatic nitrogens is 4. The van der Waals surface area contributed by atoms with E-state index in [9.17, 15) is 5.11 Å². The Labute approximate surface area is 187 Å². The molecule has 3 aromatic heterocycles. The van der Waals surface area contributed by atoms with Gasteiger partial charge >= 0.3 is 0 Å². The molecule has 4 heterocycles. The Balaban J connectivity index is 1.37. The molecule has 170 valence electrons. The maximum Gasteiger partial charge on any atom is 0.227 e. The second-order valence-electron chi connectivity index (χ2n) is 8.95. The van der Waals surface area contributed by atoms with Crippen LogP contribution in [0.5, 0.6) is 0 Å². The first kappa shape index (κ1) is 21.0. The number of nitrogens with one attached hydrogen (secondary N) is 3. The maximum atomic E-state index is 10.9. The zero-order valence-electron chi connectivity index (χ0n) is 18.6. The van der Waals surface area contributed by atoms with Gasteiger partial charge < -0.3 is 19.7 Å². The van der Waals surface area contributed by atoms with Crippen molar-refractivity contribution in [3.63, 3.8) is 0 Å². The van der Waals surface area contributed by atoms with Gasteiger partial charge in [-0.05, 0) is 50.2 Å². The summed E-state index contributed by atoms with van der Waals surface area (Å²) in [6.07, 6.45) is 5.82. The first-order chi connectivity index (χ1) is 15.6. The highest BCUT2D eigenvalue weighted by Crippen LogP contribution is 2.33.